The minimum atomic E-state index is -0.617. The summed E-state index contributed by atoms with van der Waals surface area (Å²) in [6.07, 6.45) is 4.88. The van der Waals surface area contributed by atoms with E-state index in [1.54, 1.807) is 0 Å². The summed E-state index contributed by atoms with van der Waals surface area (Å²) in [6.45, 7) is 6.75. The molecule has 0 fully saturated rings. The lowest BCUT2D eigenvalue weighted by Crippen LogP contribution is -2.22. The second-order valence-corrected chi connectivity index (χ2v) is 6.86. The molecule has 2 nitrogen and oxygen atoms in total. The largest absolute Gasteiger partial charge is 0.399 e. The van der Waals surface area contributed by atoms with Crippen LogP contribution in [0.2, 0.25) is 0 Å². The van der Waals surface area contributed by atoms with Gasteiger partial charge in [0.2, 0.25) is 0 Å². The van der Waals surface area contributed by atoms with E-state index in [0.29, 0.717) is 5.41 Å². The highest BCUT2D eigenvalue weighted by molar-refractivity contribution is 5.48. The first kappa shape index (κ1) is 13.4. The lowest BCUT2D eigenvalue weighted by Gasteiger charge is -2.26. The predicted octanol–water partition coefficient (Wildman–Crippen LogP) is 3.62. The van der Waals surface area contributed by atoms with Gasteiger partial charge in [-0.15, -0.1) is 0 Å². The van der Waals surface area contributed by atoms with Crippen molar-refractivity contribution in [1.29, 1.82) is 0 Å². The number of rotatable bonds is 3. The number of aryl methyl sites for hydroxylation is 1. The van der Waals surface area contributed by atoms with E-state index in [1.165, 1.54) is 5.56 Å². The van der Waals surface area contributed by atoms with Gasteiger partial charge in [-0.2, -0.15) is 0 Å². The SMILES string of the molecule is CC(C)(C)CCCC1(O)CCc2cc(N)ccc21. The summed E-state index contributed by atoms with van der Waals surface area (Å²) >= 11 is 0. The quantitative estimate of drug-likeness (QED) is 0.801. The van der Waals surface area contributed by atoms with Crippen molar-refractivity contribution in [3.63, 3.8) is 0 Å². The third kappa shape index (κ3) is 2.86. The Morgan fingerprint density at radius 1 is 1.33 bits per heavy atom. The molecular formula is C16H25NO. The van der Waals surface area contributed by atoms with E-state index in [4.69, 9.17) is 5.73 Å². The monoisotopic (exact) mass is 247 g/mol. The van der Waals surface area contributed by atoms with Crippen molar-refractivity contribution in [3.8, 4) is 0 Å². The van der Waals surface area contributed by atoms with Crippen molar-refractivity contribution in [2.24, 2.45) is 5.41 Å². The van der Waals surface area contributed by atoms with Crippen molar-refractivity contribution in [2.75, 3.05) is 5.73 Å². The maximum Gasteiger partial charge on any atom is 0.0902 e. The molecule has 1 aliphatic rings. The molecule has 0 saturated carbocycles. The molecule has 1 unspecified atom stereocenters. The molecule has 3 N–H and O–H groups in total. The van der Waals surface area contributed by atoms with Crippen LogP contribution in [0.5, 0.6) is 0 Å². The summed E-state index contributed by atoms with van der Waals surface area (Å²) in [7, 11) is 0. The molecule has 0 amide bonds. The molecule has 1 aromatic carbocycles. The van der Waals surface area contributed by atoms with Gasteiger partial charge in [0, 0.05) is 5.69 Å². The van der Waals surface area contributed by atoms with E-state index in [1.807, 2.05) is 18.2 Å². The number of nitrogens with two attached hydrogens (primary N) is 1. The van der Waals surface area contributed by atoms with Crippen LogP contribution in [0, 0.1) is 5.41 Å². The maximum absolute atomic E-state index is 10.8. The maximum atomic E-state index is 10.8. The molecule has 1 atom stereocenters. The standard InChI is InChI=1S/C16H25NO/c1-15(2,3)8-4-9-16(18)10-7-12-11-13(17)5-6-14(12)16/h5-6,11,18H,4,7-10,17H2,1-3H3. The molecule has 2 heteroatoms. The molecule has 18 heavy (non-hydrogen) atoms. The number of anilines is 1. The lowest BCUT2D eigenvalue weighted by molar-refractivity contribution is 0.0246. The Bertz CT molecular complexity index is 433. The highest BCUT2D eigenvalue weighted by Crippen LogP contribution is 2.41. The Kier molecular flexibility index (Phi) is 3.41. The fraction of sp³-hybridized carbons (Fsp3) is 0.625. The molecule has 2 rings (SSSR count). The second kappa shape index (κ2) is 4.58. The number of fused-ring (bicyclic) bond motifs is 1. The minimum absolute atomic E-state index is 0.346. The van der Waals surface area contributed by atoms with Crippen LogP contribution in [0.3, 0.4) is 0 Å². The summed E-state index contributed by atoms with van der Waals surface area (Å²) in [4.78, 5) is 0. The summed E-state index contributed by atoms with van der Waals surface area (Å²) in [5, 5.41) is 10.8. The third-order valence-corrected chi connectivity index (χ3v) is 3.96. The molecule has 0 aliphatic heterocycles. The van der Waals surface area contributed by atoms with Crippen molar-refractivity contribution in [3.05, 3.63) is 29.3 Å². The first-order valence-electron chi connectivity index (χ1n) is 6.91. The zero-order valence-corrected chi connectivity index (χ0v) is 11.8. The van der Waals surface area contributed by atoms with E-state index < -0.39 is 5.60 Å². The number of aliphatic hydroxyl groups is 1. The molecule has 1 aliphatic carbocycles. The van der Waals surface area contributed by atoms with Gasteiger partial charge in [-0.05, 0) is 60.8 Å². The topological polar surface area (TPSA) is 46.2 Å². The zero-order valence-electron chi connectivity index (χ0n) is 11.8. The van der Waals surface area contributed by atoms with Gasteiger partial charge in [0.1, 0.15) is 0 Å². The van der Waals surface area contributed by atoms with E-state index in [0.717, 1.165) is 43.4 Å². The van der Waals surface area contributed by atoms with Gasteiger partial charge < -0.3 is 10.8 Å². The molecule has 0 saturated heterocycles. The van der Waals surface area contributed by atoms with Crippen molar-refractivity contribution in [2.45, 2.75) is 58.5 Å². The van der Waals surface area contributed by atoms with E-state index in [9.17, 15) is 5.11 Å². The van der Waals surface area contributed by atoms with Gasteiger partial charge in [-0.25, -0.2) is 0 Å². The summed E-state index contributed by atoms with van der Waals surface area (Å²) < 4.78 is 0. The Balaban J connectivity index is 2.06. The molecule has 100 valence electrons. The highest BCUT2D eigenvalue weighted by Gasteiger charge is 2.36. The third-order valence-electron chi connectivity index (χ3n) is 3.96. The lowest BCUT2D eigenvalue weighted by atomic mass is 9.84. The van der Waals surface area contributed by atoms with Crippen LogP contribution in [-0.4, -0.2) is 5.11 Å². The van der Waals surface area contributed by atoms with Crippen LogP contribution < -0.4 is 5.73 Å². The zero-order chi connectivity index (χ0) is 13.4. The molecule has 0 spiro atoms. The van der Waals surface area contributed by atoms with Crippen LogP contribution in [-0.2, 0) is 12.0 Å². The van der Waals surface area contributed by atoms with Crippen LogP contribution >= 0.6 is 0 Å². The van der Waals surface area contributed by atoms with Gasteiger partial charge in [-0.3, -0.25) is 0 Å². The van der Waals surface area contributed by atoms with Gasteiger partial charge in [0.05, 0.1) is 5.60 Å². The molecule has 0 aromatic heterocycles. The Morgan fingerprint density at radius 3 is 2.72 bits per heavy atom. The van der Waals surface area contributed by atoms with E-state index >= 15 is 0 Å². The van der Waals surface area contributed by atoms with Gasteiger partial charge in [-0.1, -0.05) is 26.8 Å². The number of nitrogen functional groups attached to an aromatic ring is 1. The van der Waals surface area contributed by atoms with Gasteiger partial charge >= 0.3 is 0 Å². The van der Waals surface area contributed by atoms with E-state index in [2.05, 4.69) is 20.8 Å². The number of hydrogen-bond donors (Lipinski definition) is 2. The second-order valence-electron chi connectivity index (χ2n) is 6.86. The summed E-state index contributed by atoms with van der Waals surface area (Å²) in [5.41, 5.74) is 8.66. The molecule has 0 heterocycles. The van der Waals surface area contributed by atoms with Crippen molar-refractivity contribution in [1.82, 2.24) is 0 Å². The Morgan fingerprint density at radius 2 is 2.06 bits per heavy atom. The molecule has 0 radical (unpaired) electrons. The minimum Gasteiger partial charge on any atom is -0.399 e. The fourth-order valence-electron chi connectivity index (χ4n) is 2.92. The predicted molar refractivity (Wildman–Crippen MR) is 76.4 cm³/mol. The highest BCUT2D eigenvalue weighted by atomic mass is 16.3. The number of hydrogen-bond acceptors (Lipinski definition) is 2. The van der Waals surface area contributed by atoms with Crippen LogP contribution in [0.15, 0.2) is 18.2 Å². The van der Waals surface area contributed by atoms with Crippen molar-refractivity contribution < 1.29 is 5.11 Å². The average Bonchev–Trinajstić information content (AvgIpc) is 2.54. The van der Waals surface area contributed by atoms with Gasteiger partial charge in [0.25, 0.3) is 0 Å². The summed E-state index contributed by atoms with van der Waals surface area (Å²) in [6, 6.07) is 5.92. The van der Waals surface area contributed by atoms with Crippen LogP contribution in [0.4, 0.5) is 5.69 Å². The Labute approximate surface area is 110 Å². The first-order chi connectivity index (χ1) is 8.30. The normalized spacial score (nSPS) is 23.1. The van der Waals surface area contributed by atoms with Crippen molar-refractivity contribution >= 4 is 5.69 Å². The van der Waals surface area contributed by atoms with Gasteiger partial charge in [0.15, 0.2) is 0 Å². The van der Waals surface area contributed by atoms with E-state index in [-0.39, 0.29) is 0 Å². The average molecular weight is 247 g/mol. The first-order valence-corrected chi connectivity index (χ1v) is 6.91. The molecule has 0 bridgehead atoms. The summed E-state index contributed by atoms with van der Waals surface area (Å²) in [5.74, 6) is 0. The molecular weight excluding hydrogens is 222 g/mol. The number of benzene rings is 1. The fourth-order valence-corrected chi connectivity index (χ4v) is 2.92. The molecule has 1 aromatic rings. The van der Waals surface area contributed by atoms with Crippen LogP contribution in [0.25, 0.3) is 0 Å². The smallest absolute Gasteiger partial charge is 0.0902 e. The Hall–Kier alpha value is -1.02. The van der Waals surface area contributed by atoms with Crippen LogP contribution in [0.1, 0.15) is 57.6 Å².